The molecule has 24 heavy (non-hydrogen) atoms. The van der Waals surface area contributed by atoms with E-state index in [1.54, 1.807) is 44.7 Å². The van der Waals surface area contributed by atoms with Crippen molar-refractivity contribution in [2.75, 3.05) is 26.6 Å². The molecule has 2 rings (SSSR count). The largest absolute Gasteiger partial charge is 0.497 e. The number of ether oxygens (including phenoxy) is 2. The van der Waals surface area contributed by atoms with Crippen molar-refractivity contribution in [3.63, 3.8) is 0 Å². The number of ketones is 1. The Labute approximate surface area is 145 Å². The number of Topliss-reactive ketones (excluding diaryl/α,β-unsaturated/α-hetero) is 1. The molecule has 1 aromatic heterocycles. The van der Waals surface area contributed by atoms with Gasteiger partial charge in [-0.2, -0.15) is 0 Å². The predicted octanol–water partition coefficient (Wildman–Crippen LogP) is 2.40. The first-order chi connectivity index (χ1) is 11.7. The standard InChI is InChI=1S/C17H22N2O4S/c1-22-8-4-7-19-14(11-20)10-18-17(19)24-12-16(21)13-5-3-6-15(9-13)23-2/h3,5-6,9-10,20H,4,7-8,11-12H2,1-2H3. The van der Waals surface area contributed by atoms with Gasteiger partial charge in [0.1, 0.15) is 5.75 Å². The summed E-state index contributed by atoms with van der Waals surface area (Å²) in [6.45, 7) is 1.25. The van der Waals surface area contributed by atoms with Gasteiger partial charge in [-0.3, -0.25) is 4.79 Å². The fourth-order valence-corrected chi connectivity index (χ4v) is 3.17. The number of carbonyl (C=O) groups excluding carboxylic acids is 1. The van der Waals surface area contributed by atoms with Gasteiger partial charge in [-0.1, -0.05) is 23.9 Å². The lowest BCUT2D eigenvalue weighted by molar-refractivity contribution is 0.102. The summed E-state index contributed by atoms with van der Waals surface area (Å²) in [5.74, 6) is 0.949. The van der Waals surface area contributed by atoms with E-state index in [4.69, 9.17) is 9.47 Å². The first kappa shape index (κ1) is 18.5. The minimum Gasteiger partial charge on any atom is -0.497 e. The van der Waals surface area contributed by atoms with Crippen LogP contribution in [0.2, 0.25) is 0 Å². The Kier molecular flexibility index (Phi) is 7.30. The Morgan fingerprint density at radius 2 is 2.21 bits per heavy atom. The molecule has 0 radical (unpaired) electrons. The SMILES string of the molecule is COCCCn1c(CO)cnc1SCC(=O)c1cccc(OC)c1. The van der Waals surface area contributed by atoms with E-state index >= 15 is 0 Å². The fraction of sp³-hybridized carbons (Fsp3) is 0.412. The van der Waals surface area contributed by atoms with Crippen LogP contribution in [-0.2, 0) is 17.9 Å². The van der Waals surface area contributed by atoms with Gasteiger partial charge >= 0.3 is 0 Å². The van der Waals surface area contributed by atoms with Crippen LogP contribution in [-0.4, -0.2) is 47.0 Å². The molecule has 0 amide bonds. The van der Waals surface area contributed by atoms with E-state index in [-0.39, 0.29) is 18.1 Å². The molecule has 130 valence electrons. The number of imidazole rings is 1. The summed E-state index contributed by atoms with van der Waals surface area (Å²) in [5.41, 5.74) is 1.35. The maximum atomic E-state index is 12.4. The van der Waals surface area contributed by atoms with Crippen LogP contribution in [0.4, 0.5) is 0 Å². The molecule has 0 aliphatic heterocycles. The summed E-state index contributed by atoms with van der Waals surface area (Å²) in [6, 6.07) is 7.11. The van der Waals surface area contributed by atoms with Crippen molar-refractivity contribution in [3.8, 4) is 5.75 Å². The quantitative estimate of drug-likeness (QED) is 0.403. The Morgan fingerprint density at radius 1 is 1.38 bits per heavy atom. The first-order valence-electron chi connectivity index (χ1n) is 7.63. The number of carbonyl (C=O) groups is 1. The molecule has 1 heterocycles. The van der Waals surface area contributed by atoms with Crippen molar-refractivity contribution in [1.29, 1.82) is 0 Å². The lowest BCUT2D eigenvalue weighted by Crippen LogP contribution is -2.09. The topological polar surface area (TPSA) is 73.6 Å². The molecule has 7 heteroatoms. The number of methoxy groups -OCH3 is 2. The van der Waals surface area contributed by atoms with Crippen molar-refractivity contribution in [2.24, 2.45) is 0 Å². The summed E-state index contributed by atoms with van der Waals surface area (Å²) in [7, 11) is 3.23. The minimum atomic E-state index is -0.0790. The van der Waals surface area contributed by atoms with Gasteiger partial charge in [0.15, 0.2) is 10.9 Å². The number of thioether (sulfide) groups is 1. The highest BCUT2D eigenvalue weighted by Crippen LogP contribution is 2.22. The Bertz CT molecular complexity index is 672. The van der Waals surface area contributed by atoms with Gasteiger partial charge < -0.3 is 19.1 Å². The van der Waals surface area contributed by atoms with Gasteiger partial charge in [0.2, 0.25) is 0 Å². The maximum Gasteiger partial charge on any atom is 0.173 e. The second kappa shape index (κ2) is 9.46. The Balaban J connectivity index is 2.02. The summed E-state index contributed by atoms with van der Waals surface area (Å²) in [4.78, 5) is 16.7. The number of nitrogens with zero attached hydrogens (tertiary/aromatic N) is 2. The second-order valence-corrected chi connectivity index (χ2v) is 6.07. The molecule has 2 aromatic rings. The van der Waals surface area contributed by atoms with E-state index in [9.17, 15) is 9.90 Å². The van der Waals surface area contributed by atoms with Gasteiger partial charge in [0, 0.05) is 25.8 Å². The van der Waals surface area contributed by atoms with Crippen molar-refractivity contribution in [3.05, 3.63) is 41.7 Å². The Hall–Kier alpha value is -1.83. The van der Waals surface area contributed by atoms with Crippen LogP contribution in [0.1, 0.15) is 22.5 Å². The third-order valence-corrected chi connectivity index (χ3v) is 4.51. The predicted molar refractivity (Wildman–Crippen MR) is 92.7 cm³/mol. The van der Waals surface area contributed by atoms with Crippen LogP contribution >= 0.6 is 11.8 Å². The molecule has 0 saturated heterocycles. The summed E-state index contributed by atoms with van der Waals surface area (Å²) in [5, 5.41) is 10.1. The van der Waals surface area contributed by atoms with Crippen LogP contribution in [0.25, 0.3) is 0 Å². The molecule has 0 aliphatic rings. The zero-order valence-electron chi connectivity index (χ0n) is 13.9. The molecule has 0 fully saturated rings. The maximum absolute atomic E-state index is 12.4. The fourth-order valence-electron chi connectivity index (χ4n) is 2.25. The molecule has 0 bridgehead atoms. The van der Waals surface area contributed by atoms with Crippen molar-refractivity contribution in [1.82, 2.24) is 9.55 Å². The number of benzene rings is 1. The molecule has 0 spiro atoms. The van der Waals surface area contributed by atoms with Crippen LogP contribution in [0.5, 0.6) is 5.75 Å². The van der Waals surface area contributed by atoms with Gasteiger partial charge in [-0.05, 0) is 18.6 Å². The molecule has 0 saturated carbocycles. The molecular formula is C17H22N2O4S. The average molecular weight is 350 g/mol. The number of aliphatic hydroxyl groups is 1. The van der Waals surface area contributed by atoms with E-state index < -0.39 is 0 Å². The second-order valence-electron chi connectivity index (χ2n) is 5.13. The highest BCUT2D eigenvalue weighted by atomic mass is 32.2. The third-order valence-electron chi connectivity index (χ3n) is 3.52. The Morgan fingerprint density at radius 3 is 2.92 bits per heavy atom. The van der Waals surface area contributed by atoms with E-state index in [1.807, 2.05) is 4.57 Å². The third kappa shape index (κ3) is 4.83. The van der Waals surface area contributed by atoms with E-state index in [0.29, 0.717) is 24.5 Å². The van der Waals surface area contributed by atoms with Crippen LogP contribution in [0, 0.1) is 0 Å². The van der Waals surface area contributed by atoms with Crippen LogP contribution in [0.15, 0.2) is 35.6 Å². The van der Waals surface area contributed by atoms with Crippen molar-refractivity contribution >= 4 is 17.5 Å². The number of hydrogen-bond donors (Lipinski definition) is 1. The number of rotatable bonds is 10. The lowest BCUT2D eigenvalue weighted by Gasteiger charge is -2.10. The van der Waals surface area contributed by atoms with E-state index in [0.717, 1.165) is 17.3 Å². The van der Waals surface area contributed by atoms with Crippen LogP contribution in [0.3, 0.4) is 0 Å². The number of aliphatic hydroxyl groups excluding tert-OH is 1. The van der Waals surface area contributed by atoms with Gasteiger partial charge in [0.25, 0.3) is 0 Å². The van der Waals surface area contributed by atoms with Gasteiger partial charge in [-0.25, -0.2) is 4.98 Å². The highest BCUT2D eigenvalue weighted by Gasteiger charge is 2.13. The van der Waals surface area contributed by atoms with Crippen molar-refractivity contribution < 1.29 is 19.4 Å². The molecular weight excluding hydrogens is 328 g/mol. The van der Waals surface area contributed by atoms with Gasteiger partial charge in [0.05, 0.1) is 31.4 Å². The monoisotopic (exact) mass is 350 g/mol. The zero-order chi connectivity index (χ0) is 17.4. The summed E-state index contributed by atoms with van der Waals surface area (Å²) in [6.07, 6.45) is 2.46. The molecule has 0 aliphatic carbocycles. The summed E-state index contributed by atoms with van der Waals surface area (Å²) < 4.78 is 12.1. The molecule has 1 N–H and O–H groups in total. The van der Waals surface area contributed by atoms with Crippen LogP contribution < -0.4 is 4.74 Å². The average Bonchev–Trinajstić information content (AvgIpc) is 3.02. The summed E-state index contributed by atoms with van der Waals surface area (Å²) >= 11 is 1.37. The molecule has 6 nitrogen and oxygen atoms in total. The van der Waals surface area contributed by atoms with Gasteiger partial charge in [-0.15, -0.1) is 0 Å². The first-order valence-corrected chi connectivity index (χ1v) is 8.62. The smallest absolute Gasteiger partial charge is 0.173 e. The van der Waals surface area contributed by atoms with E-state index in [2.05, 4.69) is 4.98 Å². The number of aromatic nitrogens is 2. The minimum absolute atomic E-state index is 0.0101. The molecule has 1 aromatic carbocycles. The lowest BCUT2D eigenvalue weighted by atomic mass is 10.1. The molecule has 0 unspecified atom stereocenters. The van der Waals surface area contributed by atoms with Crippen molar-refractivity contribution in [2.45, 2.75) is 24.7 Å². The highest BCUT2D eigenvalue weighted by molar-refractivity contribution is 7.99. The molecule has 0 atom stereocenters. The normalized spacial score (nSPS) is 10.8. The van der Waals surface area contributed by atoms with E-state index in [1.165, 1.54) is 11.8 Å². The number of hydrogen-bond acceptors (Lipinski definition) is 6. The zero-order valence-corrected chi connectivity index (χ0v) is 14.7.